The van der Waals surface area contributed by atoms with E-state index in [1.54, 1.807) is 0 Å². The Kier molecular flexibility index (Phi) is 4.99. The van der Waals surface area contributed by atoms with Crippen molar-refractivity contribution in [1.29, 1.82) is 0 Å². The lowest BCUT2D eigenvalue weighted by Gasteiger charge is -2.39. The molecule has 1 amide bonds. The van der Waals surface area contributed by atoms with Crippen LogP contribution in [0, 0.1) is 0 Å². The van der Waals surface area contributed by atoms with Crippen molar-refractivity contribution in [3.05, 3.63) is 35.9 Å². The smallest absolute Gasteiger partial charge is 0.242 e. The average Bonchev–Trinajstić information content (AvgIpc) is 2.54. The summed E-state index contributed by atoms with van der Waals surface area (Å²) in [5.74, 6) is 0.000998. The summed E-state index contributed by atoms with van der Waals surface area (Å²) in [6.45, 7) is 4.07. The largest absolute Gasteiger partial charge is 0.388 e. The molecule has 2 fully saturated rings. The number of piperazine rings is 1. The van der Waals surface area contributed by atoms with E-state index in [-0.39, 0.29) is 11.9 Å². The summed E-state index contributed by atoms with van der Waals surface area (Å²) >= 11 is 0. The Morgan fingerprint density at radius 3 is 2.43 bits per heavy atom. The van der Waals surface area contributed by atoms with Gasteiger partial charge in [-0.05, 0) is 31.9 Å². The van der Waals surface area contributed by atoms with Gasteiger partial charge in [0.25, 0.3) is 0 Å². The minimum atomic E-state index is -0.682. The third-order valence-electron chi connectivity index (χ3n) is 5.14. The number of nitrogens with one attached hydrogen (secondary N) is 1. The molecule has 5 nitrogen and oxygen atoms in total. The minimum absolute atomic E-state index is 0.000998. The molecule has 3 rings (SSSR count). The summed E-state index contributed by atoms with van der Waals surface area (Å²) in [6, 6.07) is 9.69. The molecule has 23 heavy (non-hydrogen) atoms. The standard InChI is InChI=1S/C18H27N3O2/c1-20-10-12-21(13-11-20)16(15-6-3-2-4-7-15)17(22)19-14-18(23)8-5-9-18/h2-4,6-7,16,23H,5,8-14H2,1H3,(H,19,22). The third-order valence-corrected chi connectivity index (χ3v) is 5.14. The second-order valence-corrected chi connectivity index (χ2v) is 6.95. The van der Waals surface area contributed by atoms with Crippen LogP contribution in [0.2, 0.25) is 0 Å². The van der Waals surface area contributed by atoms with E-state index < -0.39 is 5.60 Å². The summed E-state index contributed by atoms with van der Waals surface area (Å²) in [6.07, 6.45) is 2.63. The van der Waals surface area contributed by atoms with Gasteiger partial charge in [0.2, 0.25) is 5.91 Å². The average molecular weight is 317 g/mol. The minimum Gasteiger partial charge on any atom is -0.388 e. The van der Waals surface area contributed by atoms with Gasteiger partial charge in [0.15, 0.2) is 0 Å². The van der Waals surface area contributed by atoms with Crippen LogP contribution in [0.5, 0.6) is 0 Å². The molecule has 1 aliphatic heterocycles. The van der Waals surface area contributed by atoms with Gasteiger partial charge < -0.3 is 15.3 Å². The lowest BCUT2D eigenvalue weighted by Crippen LogP contribution is -2.53. The van der Waals surface area contributed by atoms with E-state index in [0.29, 0.717) is 6.54 Å². The van der Waals surface area contributed by atoms with Crippen molar-refractivity contribution in [3.63, 3.8) is 0 Å². The molecule has 1 aromatic rings. The van der Waals surface area contributed by atoms with Crippen LogP contribution in [-0.2, 0) is 4.79 Å². The van der Waals surface area contributed by atoms with Crippen molar-refractivity contribution in [1.82, 2.24) is 15.1 Å². The van der Waals surface area contributed by atoms with Crippen molar-refractivity contribution in [3.8, 4) is 0 Å². The Labute approximate surface area is 138 Å². The number of carbonyl (C=O) groups is 1. The molecular weight excluding hydrogens is 290 g/mol. The molecule has 2 aliphatic rings. The van der Waals surface area contributed by atoms with E-state index >= 15 is 0 Å². The van der Waals surface area contributed by atoms with E-state index in [9.17, 15) is 9.90 Å². The van der Waals surface area contributed by atoms with E-state index in [0.717, 1.165) is 51.0 Å². The number of hydrogen-bond donors (Lipinski definition) is 2. The molecule has 0 spiro atoms. The molecule has 1 atom stereocenters. The quantitative estimate of drug-likeness (QED) is 0.851. The maximum Gasteiger partial charge on any atom is 0.242 e. The number of aliphatic hydroxyl groups is 1. The van der Waals surface area contributed by atoms with Gasteiger partial charge in [-0.25, -0.2) is 0 Å². The molecule has 1 saturated heterocycles. The van der Waals surface area contributed by atoms with Gasteiger partial charge in [-0.1, -0.05) is 30.3 Å². The van der Waals surface area contributed by atoms with Gasteiger partial charge in [0, 0.05) is 32.7 Å². The molecular formula is C18H27N3O2. The fourth-order valence-electron chi connectivity index (χ4n) is 3.35. The van der Waals surface area contributed by atoms with Crippen molar-refractivity contribution >= 4 is 5.91 Å². The molecule has 1 aliphatic carbocycles. The van der Waals surface area contributed by atoms with Crippen LogP contribution in [-0.4, -0.2) is 66.2 Å². The molecule has 0 radical (unpaired) electrons. The number of likely N-dealkylation sites (N-methyl/N-ethyl adjacent to an activating group) is 1. The van der Waals surface area contributed by atoms with Gasteiger partial charge >= 0.3 is 0 Å². The fraction of sp³-hybridized carbons (Fsp3) is 0.611. The van der Waals surface area contributed by atoms with Gasteiger partial charge in [-0.15, -0.1) is 0 Å². The highest BCUT2D eigenvalue weighted by Crippen LogP contribution is 2.31. The zero-order valence-corrected chi connectivity index (χ0v) is 13.9. The first-order valence-electron chi connectivity index (χ1n) is 8.55. The molecule has 0 bridgehead atoms. The second kappa shape index (κ2) is 6.99. The Morgan fingerprint density at radius 1 is 1.22 bits per heavy atom. The SMILES string of the molecule is CN1CCN(C(C(=O)NCC2(O)CCC2)c2ccccc2)CC1. The summed E-state index contributed by atoms with van der Waals surface area (Å²) in [5.41, 5.74) is 0.342. The number of carbonyl (C=O) groups excluding carboxylic acids is 1. The first-order valence-corrected chi connectivity index (χ1v) is 8.55. The lowest BCUT2D eigenvalue weighted by atomic mass is 9.80. The molecule has 2 N–H and O–H groups in total. The highest BCUT2D eigenvalue weighted by atomic mass is 16.3. The first-order chi connectivity index (χ1) is 11.1. The topological polar surface area (TPSA) is 55.8 Å². The molecule has 0 aromatic heterocycles. The van der Waals surface area contributed by atoms with Crippen LogP contribution in [0.3, 0.4) is 0 Å². The zero-order chi connectivity index (χ0) is 16.3. The van der Waals surface area contributed by atoms with E-state index in [4.69, 9.17) is 0 Å². The lowest BCUT2D eigenvalue weighted by molar-refractivity contribution is -0.129. The zero-order valence-electron chi connectivity index (χ0n) is 13.9. The van der Waals surface area contributed by atoms with Crippen LogP contribution >= 0.6 is 0 Å². The van der Waals surface area contributed by atoms with Crippen molar-refractivity contribution < 1.29 is 9.90 Å². The van der Waals surface area contributed by atoms with Gasteiger partial charge in [-0.3, -0.25) is 9.69 Å². The number of rotatable bonds is 5. The molecule has 1 aromatic carbocycles. The predicted molar refractivity (Wildman–Crippen MR) is 90.1 cm³/mol. The molecule has 5 heteroatoms. The van der Waals surface area contributed by atoms with Crippen molar-refractivity contribution in [2.75, 3.05) is 39.8 Å². The van der Waals surface area contributed by atoms with Crippen LogP contribution in [0.4, 0.5) is 0 Å². The first kappa shape index (κ1) is 16.4. The van der Waals surface area contributed by atoms with E-state index in [1.165, 1.54) is 0 Å². The summed E-state index contributed by atoms with van der Waals surface area (Å²) in [5, 5.41) is 13.2. The van der Waals surface area contributed by atoms with Gasteiger partial charge in [0.1, 0.15) is 6.04 Å². The second-order valence-electron chi connectivity index (χ2n) is 6.95. The van der Waals surface area contributed by atoms with Crippen LogP contribution in [0.25, 0.3) is 0 Å². The van der Waals surface area contributed by atoms with Gasteiger partial charge in [0.05, 0.1) is 5.60 Å². The third kappa shape index (κ3) is 3.91. The van der Waals surface area contributed by atoms with E-state index in [1.807, 2.05) is 30.3 Å². The van der Waals surface area contributed by atoms with Crippen molar-refractivity contribution in [2.45, 2.75) is 30.9 Å². The van der Waals surface area contributed by atoms with Gasteiger partial charge in [-0.2, -0.15) is 0 Å². The monoisotopic (exact) mass is 317 g/mol. The highest BCUT2D eigenvalue weighted by molar-refractivity contribution is 5.83. The number of benzene rings is 1. The normalized spacial score (nSPS) is 23.0. The van der Waals surface area contributed by atoms with Crippen molar-refractivity contribution in [2.24, 2.45) is 0 Å². The Morgan fingerprint density at radius 2 is 1.87 bits per heavy atom. The summed E-state index contributed by atoms with van der Waals surface area (Å²) in [7, 11) is 2.11. The maximum absolute atomic E-state index is 12.8. The maximum atomic E-state index is 12.8. The Hall–Kier alpha value is -1.43. The van der Waals surface area contributed by atoms with E-state index in [2.05, 4.69) is 22.2 Å². The fourth-order valence-corrected chi connectivity index (χ4v) is 3.35. The summed E-state index contributed by atoms with van der Waals surface area (Å²) < 4.78 is 0. The number of amides is 1. The Bertz CT molecular complexity index is 522. The molecule has 1 heterocycles. The molecule has 1 saturated carbocycles. The predicted octanol–water partition coefficient (Wildman–Crippen LogP) is 1.01. The number of hydrogen-bond acceptors (Lipinski definition) is 4. The summed E-state index contributed by atoms with van der Waals surface area (Å²) in [4.78, 5) is 17.4. The Balaban J connectivity index is 1.70. The molecule has 126 valence electrons. The number of nitrogens with zero attached hydrogens (tertiary/aromatic N) is 2. The van der Waals surface area contributed by atoms with Crippen LogP contribution in [0.1, 0.15) is 30.9 Å². The van der Waals surface area contributed by atoms with Crippen LogP contribution in [0.15, 0.2) is 30.3 Å². The highest BCUT2D eigenvalue weighted by Gasteiger charge is 2.36. The van der Waals surface area contributed by atoms with Crippen LogP contribution < -0.4 is 5.32 Å². The molecule has 1 unspecified atom stereocenters.